The molecule has 0 radical (unpaired) electrons. The molecule has 0 unspecified atom stereocenters. The van der Waals surface area contributed by atoms with Gasteiger partial charge in [0, 0.05) is 10.9 Å². The Morgan fingerprint density at radius 2 is 1.62 bits per heavy atom. The number of carbonyl (C=O) groups excluding carboxylic acids is 1. The minimum Gasteiger partial charge on any atom is -0.345 e. The molecule has 3 nitrogen and oxygen atoms in total. The summed E-state index contributed by atoms with van der Waals surface area (Å²) >= 11 is 0. The molecule has 0 saturated heterocycles. The number of nitrogens with zero attached hydrogens (tertiary/aromatic N) is 1. The average Bonchev–Trinajstić information content (AvgIpc) is 2.78. The molecule has 1 N–H and O–H groups in total. The Bertz CT molecular complexity index is 1140. The molecule has 4 rings (SSSR count). The van der Waals surface area contributed by atoms with Crippen molar-refractivity contribution in [1.82, 2.24) is 10.3 Å². The first kappa shape index (κ1) is 18.9. The van der Waals surface area contributed by atoms with Crippen LogP contribution in [0.3, 0.4) is 0 Å². The van der Waals surface area contributed by atoms with Crippen LogP contribution in [0.25, 0.3) is 22.2 Å². The maximum Gasteiger partial charge on any atom is 0.252 e. The van der Waals surface area contributed by atoms with E-state index in [1.165, 1.54) is 0 Å². The fourth-order valence-electron chi connectivity index (χ4n) is 3.75. The van der Waals surface area contributed by atoms with Crippen LogP contribution >= 0.6 is 0 Å². The second-order valence-electron chi connectivity index (χ2n) is 7.24. The normalized spacial score (nSPS) is 11.9. The first-order valence-corrected chi connectivity index (χ1v) is 9.99. The zero-order chi connectivity index (χ0) is 20.2. The van der Waals surface area contributed by atoms with Crippen molar-refractivity contribution in [3.8, 4) is 11.3 Å². The van der Waals surface area contributed by atoms with E-state index in [-0.39, 0.29) is 11.9 Å². The van der Waals surface area contributed by atoms with Crippen LogP contribution in [-0.4, -0.2) is 10.9 Å². The number of hydrogen-bond acceptors (Lipinski definition) is 2. The van der Waals surface area contributed by atoms with Crippen LogP contribution in [0.1, 0.15) is 40.9 Å². The number of fused-ring (bicyclic) bond motifs is 1. The number of rotatable bonds is 5. The smallest absolute Gasteiger partial charge is 0.252 e. The fourth-order valence-corrected chi connectivity index (χ4v) is 3.75. The second-order valence-corrected chi connectivity index (χ2v) is 7.24. The average molecular weight is 380 g/mol. The lowest BCUT2D eigenvalue weighted by Gasteiger charge is -2.19. The van der Waals surface area contributed by atoms with Gasteiger partial charge in [-0.15, -0.1) is 0 Å². The Hall–Kier alpha value is -3.46. The number of amides is 1. The highest BCUT2D eigenvalue weighted by molar-refractivity contribution is 6.08. The van der Waals surface area contributed by atoms with Gasteiger partial charge in [0.05, 0.1) is 22.8 Å². The summed E-state index contributed by atoms with van der Waals surface area (Å²) < 4.78 is 0. The zero-order valence-corrected chi connectivity index (χ0v) is 16.7. The third-order valence-corrected chi connectivity index (χ3v) is 5.27. The third kappa shape index (κ3) is 3.90. The molecule has 1 heterocycles. The fraction of sp³-hybridized carbons (Fsp3) is 0.154. The Morgan fingerprint density at radius 3 is 2.31 bits per heavy atom. The van der Waals surface area contributed by atoms with E-state index in [0.717, 1.165) is 39.7 Å². The molecule has 1 amide bonds. The summed E-state index contributed by atoms with van der Waals surface area (Å²) in [5.74, 6) is -0.0698. The van der Waals surface area contributed by atoms with Gasteiger partial charge in [-0.1, -0.05) is 79.7 Å². The SMILES string of the molecule is CC[C@H](NC(=O)c1cc(-c2ccccc2)nc2cccc(C)c12)c1ccccc1. The minimum atomic E-state index is -0.0698. The van der Waals surface area contributed by atoms with E-state index in [0.29, 0.717) is 5.56 Å². The van der Waals surface area contributed by atoms with Gasteiger partial charge in [-0.3, -0.25) is 4.79 Å². The molecular weight excluding hydrogens is 356 g/mol. The highest BCUT2D eigenvalue weighted by atomic mass is 16.1. The third-order valence-electron chi connectivity index (χ3n) is 5.27. The molecule has 29 heavy (non-hydrogen) atoms. The van der Waals surface area contributed by atoms with E-state index in [2.05, 4.69) is 24.4 Å². The molecule has 0 aliphatic carbocycles. The van der Waals surface area contributed by atoms with Crippen molar-refractivity contribution in [1.29, 1.82) is 0 Å². The standard InChI is InChI=1S/C26H24N2O/c1-3-22(19-12-6-4-7-13-19)28-26(29)21-17-24(20-14-8-5-9-15-20)27-23-16-10-11-18(2)25(21)23/h4-17,22H,3H2,1-2H3,(H,28,29)/t22-/m0/s1. The van der Waals surface area contributed by atoms with E-state index in [1.54, 1.807) is 0 Å². The van der Waals surface area contributed by atoms with Gasteiger partial charge in [-0.2, -0.15) is 0 Å². The van der Waals surface area contributed by atoms with Crippen molar-refractivity contribution < 1.29 is 4.79 Å². The summed E-state index contributed by atoms with van der Waals surface area (Å²) in [6.07, 6.45) is 0.823. The lowest BCUT2D eigenvalue weighted by molar-refractivity contribution is 0.0937. The Kier molecular flexibility index (Phi) is 5.39. The van der Waals surface area contributed by atoms with Crippen LogP contribution in [-0.2, 0) is 0 Å². The molecule has 4 aromatic rings. The van der Waals surface area contributed by atoms with Crippen molar-refractivity contribution in [3.63, 3.8) is 0 Å². The molecule has 3 heteroatoms. The van der Waals surface area contributed by atoms with Crippen molar-refractivity contribution in [2.45, 2.75) is 26.3 Å². The maximum absolute atomic E-state index is 13.4. The lowest BCUT2D eigenvalue weighted by atomic mass is 9.99. The van der Waals surface area contributed by atoms with E-state index in [9.17, 15) is 4.79 Å². The predicted octanol–water partition coefficient (Wildman–Crippen LogP) is 6.09. The quantitative estimate of drug-likeness (QED) is 0.455. The number of aryl methyl sites for hydroxylation is 1. The number of carbonyl (C=O) groups is 1. The molecule has 1 aromatic heterocycles. The van der Waals surface area contributed by atoms with E-state index >= 15 is 0 Å². The van der Waals surface area contributed by atoms with E-state index in [1.807, 2.05) is 79.7 Å². The first-order chi connectivity index (χ1) is 14.2. The van der Waals surface area contributed by atoms with Crippen LogP contribution < -0.4 is 5.32 Å². The highest BCUT2D eigenvalue weighted by Crippen LogP contribution is 2.28. The lowest BCUT2D eigenvalue weighted by Crippen LogP contribution is -2.28. The number of pyridine rings is 1. The topological polar surface area (TPSA) is 42.0 Å². The molecule has 3 aromatic carbocycles. The molecular formula is C26H24N2O. The van der Waals surface area contributed by atoms with Gasteiger partial charge in [0.2, 0.25) is 0 Å². The molecule has 0 saturated carbocycles. The Labute approximate surface area is 171 Å². The molecule has 0 aliphatic rings. The molecule has 0 bridgehead atoms. The molecule has 0 fully saturated rings. The summed E-state index contributed by atoms with van der Waals surface area (Å²) in [5.41, 5.74) is 5.47. The van der Waals surface area contributed by atoms with Crippen molar-refractivity contribution >= 4 is 16.8 Å². The highest BCUT2D eigenvalue weighted by Gasteiger charge is 2.19. The van der Waals surface area contributed by atoms with Gasteiger partial charge < -0.3 is 5.32 Å². The predicted molar refractivity (Wildman–Crippen MR) is 119 cm³/mol. The van der Waals surface area contributed by atoms with Gasteiger partial charge in [-0.25, -0.2) is 4.98 Å². The van der Waals surface area contributed by atoms with Gasteiger partial charge in [0.25, 0.3) is 5.91 Å². The minimum absolute atomic E-state index is 0.0314. The van der Waals surface area contributed by atoms with Crippen LogP contribution in [0.2, 0.25) is 0 Å². The monoisotopic (exact) mass is 380 g/mol. The van der Waals surface area contributed by atoms with Crippen LogP contribution in [0, 0.1) is 6.92 Å². The molecule has 144 valence electrons. The number of benzene rings is 3. The van der Waals surface area contributed by atoms with Gasteiger partial charge in [0.15, 0.2) is 0 Å². The summed E-state index contributed by atoms with van der Waals surface area (Å²) in [5, 5.41) is 4.14. The van der Waals surface area contributed by atoms with Crippen molar-refractivity contribution in [2.24, 2.45) is 0 Å². The Balaban J connectivity index is 1.80. The number of aromatic nitrogens is 1. The summed E-state index contributed by atoms with van der Waals surface area (Å²) in [6.45, 7) is 4.11. The van der Waals surface area contributed by atoms with Crippen molar-refractivity contribution in [2.75, 3.05) is 0 Å². The maximum atomic E-state index is 13.4. The van der Waals surface area contributed by atoms with E-state index < -0.39 is 0 Å². The number of hydrogen-bond donors (Lipinski definition) is 1. The van der Waals surface area contributed by atoms with E-state index in [4.69, 9.17) is 4.98 Å². The summed E-state index contributed by atoms with van der Waals surface area (Å²) in [6, 6.07) is 28.0. The molecule has 0 spiro atoms. The Morgan fingerprint density at radius 1 is 0.931 bits per heavy atom. The van der Waals surface area contributed by atoms with Crippen LogP contribution in [0.4, 0.5) is 0 Å². The van der Waals surface area contributed by atoms with Crippen LogP contribution in [0.5, 0.6) is 0 Å². The summed E-state index contributed by atoms with van der Waals surface area (Å²) in [4.78, 5) is 18.2. The van der Waals surface area contributed by atoms with Crippen molar-refractivity contribution in [3.05, 3.63) is 102 Å². The van der Waals surface area contributed by atoms with Gasteiger partial charge in [0.1, 0.15) is 0 Å². The molecule has 1 atom stereocenters. The summed E-state index contributed by atoms with van der Waals surface area (Å²) in [7, 11) is 0. The zero-order valence-electron chi connectivity index (χ0n) is 16.7. The largest absolute Gasteiger partial charge is 0.345 e. The molecule has 0 aliphatic heterocycles. The second kappa shape index (κ2) is 8.27. The first-order valence-electron chi connectivity index (χ1n) is 9.99. The van der Waals surface area contributed by atoms with Crippen LogP contribution in [0.15, 0.2) is 84.9 Å². The van der Waals surface area contributed by atoms with Gasteiger partial charge >= 0.3 is 0 Å². The van der Waals surface area contributed by atoms with Gasteiger partial charge in [-0.05, 0) is 36.6 Å². The number of nitrogens with one attached hydrogen (secondary N) is 1.